The number of benzene rings is 6. The number of hydrogen-bond donors (Lipinski definition) is 0. The molecule has 0 bridgehead atoms. The molecule has 1 aliphatic rings. The van der Waals surface area contributed by atoms with Gasteiger partial charge in [0.25, 0.3) is 0 Å². The van der Waals surface area contributed by atoms with Gasteiger partial charge < -0.3 is 9.30 Å². The first kappa shape index (κ1) is 28.5. The summed E-state index contributed by atoms with van der Waals surface area (Å²) in [7, 11) is -3.22. The number of para-hydroxylation sites is 2. The largest absolute Gasteiger partial charge is 0.455 e. The van der Waals surface area contributed by atoms with E-state index in [4.69, 9.17) is 4.74 Å². The molecule has 3 heteroatoms. The van der Waals surface area contributed by atoms with Crippen molar-refractivity contribution in [2.45, 2.75) is 26.2 Å². The molecule has 2 nitrogen and oxygen atoms in total. The fourth-order valence-corrected chi connectivity index (χ4v) is 8.63. The van der Waals surface area contributed by atoms with Crippen molar-refractivity contribution in [2.75, 3.05) is 0 Å². The molecule has 43 heavy (non-hydrogen) atoms. The summed E-state index contributed by atoms with van der Waals surface area (Å²) in [5.74, 6) is 1.54. The molecule has 0 aliphatic carbocycles. The summed E-state index contributed by atoms with van der Waals surface area (Å²) >= 11 is 0. The van der Waals surface area contributed by atoms with Crippen LogP contribution in [-0.4, -0.2) is 0 Å². The van der Waals surface area contributed by atoms with E-state index in [1.54, 1.807) is 0 Å². The lowest BCUT2D eigenvalue weighted by molar-refractivity contribution is 0.422. The van der Waals surface area contributed by atoms with Crippen LogP contribution in [0.1, 0.15) is 30.5 Å². The molecule has 6 aromatic carbocycles. The second kappa shape index (κ2) is 11.9. The number of ether oxygens (including phenoxy) is 1. The lowest BCUT2D eigenvalue weighted by atomic mass is 9.75. The average Bonchev–Trinajstić information content (AvgIpc) is 3.06. The highest BCUT2D eigenvalue weighted by Gasteiger charge is 2.41. The first-order chi connectivity index (χ1) is 20.9. The van der Waals surface area contributed by atoms with Crippen molar-refractivity contribution in [3.63, 3.8) is 0 Å². The van der Waals surface area contributed by atoms with Crippen molar-refractivity contribution >= 4 is 23.1 Å². The van der Waals surface area contributed by atoms with E-state index in [9.17, 15) is 0 Å². The second-order valence-electron chi connectivity index (χ2n) is 11.4. The maximum Gasteiger partial charge on any atom is 0.174 e. The summed E-state index contributed by atoms with van der Waals surface area (Å²) in [5.41, 5.74) is 5.30. The zero-order valence-corrected chi connectivity index (χ0v) is 25.7. The van der Waals surface area contributed by atoms with Crippen molar-refractivity contribution in [1.82, 2.24) is 0 Å². The van der Waals surface area contributed by atoms with Crippen LogP contribution >= 0.6 is 7.14 Å². The summed E-state index contributed by atoms with van der Waals surface area (Å²) < 4.78 is 22.1. The van der Waals surface area contributed by atoms with E-state index >= 15 is 4.57 Å². The normalized spacial score (nSPS) is 13.0. The summed E-state index contributed by atoms with van der Waals surface area (Å²) in [4.78, 5) is 0. The smallest absolute Gasteiger partial charge is 0.174 e. The van der Waals surface area contributed by atoms with Gasteiger partial charge in [0, 0.05) is 32.7 Å². The molecule has 7 rings (SSSR count). The van der Waals surface area contributed by atoms with E-state index in [0.29, 0.717) is 5.75 Å². The maximum atomic E-state index is 15.3. The molecule has 0 unspecified atom stereocenters. The van der Waals surface area contributed by atoms with Crippen LogP contribution in [0.4, 0.5) is 0 Å². The Morgan fingerprint density at radius 1 is 0.512 bits per heavy atom. The van der Waals surface area contributed by atoms with Crippen LogP contribution < -0.4 is 20.7 Å². The van der Waals surface area contributed by atoms with Gasteiger partial charge in [-0.1, -0.05) is 171 Å². The summed E-state index contributed by atoms with van der Waals surface area (Å²) in [6, 6.07) is 52.6. The van der Waals surface area contributed by atoms with Gasteiger partial charge in [0.15, 0.2) is 7.14 Å². The summed E-state index contributed by atoms with van der Waals surface area (Å²) in [5, 5.41) is 2.33. The van der Waals surface area contributed by atoms with Crippen LogP contribution in [0, 0.1) is 6.92 Å². The van der Waals surface area contributed by atoms with E-state index in [1.807, 2.05) is 109 Å². The average molecular weight is 579 g/mol. The number of rotatable bonds is 4. The zero-order chi connectivity index (χ0) is 29.9. The Kier molecular flexibility index (Phi) is 7.89. The molecule has 0 N–H and O–H groups in total. The Hall–Kier alpha value is -4.65. The lowest BCUT2D eigenvalue weighted by Gasteiger charge is -2.37. The van der Waals surface area contributed by atoms with Gasteiger partial charge in [-0.25, -0.2) is 0 Å². The Morgan fingerprint density at radius 3 is 1.49 bits per heavy atom. The fraction of sp³-hybridized carbons (Fsp3) is 0.100. The molecule has 1 aliphatic heterocycles. The van der Waals surface area contributed by atoms with Crippen LogP contribution in [-0.2, 0) is 9.98 Å². The highest BCUT2D eigenvalue weighted by Crippen LogP contribution is 2.54. The fourth-order valence-electron chi connectivity index (χ4n) is 5.84. The standard InChI is InChI=1S/C33H27O2P.C7H8/c1-33(2)28-21-12-20-27(24-14-6-3-7-15-24)31(28)35-32-29(33)22-13-23-30(32)36(34,25-16-8-4-9-17-25)26-18-10-5-11-19-26;1-7-5-3-2-4-6-7/h3-23H,1-2H3;2-6H,1H3. The maximum absolute atomic E-state index is 15.3. The monoisotopic (exact) mass is 578 g/mol. The van der Waals surface area contributed by atoms with Crippen LogP contribution in [0.25, 0.3) is 11.1 Å². The highest BCUT2D eigenvalue weighted by molar-refractivity contribution is 7.85. The minimum atomic E-state index is -3.22. The van der Waals surface area contributed by atoms with Crippen molar-refractivity contribution in [2.24, 2.45) is 0 Å². The Bertz CT molecular complexity index is 1840. The van der Waals surface area contributed by atoms with Gasteiger partial charge in [0.1, 0.15) is 11.5 Å². The second-order valence-corrected chi connectivity index (χ2v) is 14.1. The van der Waals surface area contributed by atoms with E-state index in [0.717, 1.165) is 43.9 Å². The molecule has 212 valence electrons. The van der Waals surface area contributed by atoms with Gasteiger partial charge >= 0.3 is 0 Å². The van der Waals surface area contributed by atoms with E-state index in [-0.39, 0.29) is 5.41 Å². The predicted octanol–water partition coefficient (Wildman–Crippen LogP) is 9.42. The van der Waals surface area contributed by atoms with Crippen molar-refractivity contribution in [1.29, 1.82) is 0 Å². The molecular weight excluding hydrogens is 543 g/mol. The van der Waals surface area contributed by atoms with Gasteiger partial charge in [-0.2, -0.15) is 0 Å². The molecule has 6 aromatic rings. The van der Waals surface area contributed by atoms with E-state index in [2.05, 4.69) is 69.3 Å². The molecule has 0 saturated carbocycles. The third-order valence-electron chi connectivity index (χ3n) is 8.16. The van der Waals surface area contributed by atoms with Crippen molar-refractivity contribution < 1.29 is 9.30 Å². The Morgan fingerprint density at radius 2 is 0.977 bits per heavy atom. The summed E-state index contributed by atoms with van der Waals surface area (Å²) in [6.07, 6.45) is 0. The van der Waals surface area contributed by atoms with Crippen molar-refractivity contribution in [3.05, 3.63) is 174 Å². The molecule has 0 atom stereocenters. The number of hydrogen-bond acceptors (Lipinski definition) is 2. The van der Waals surface area contributed by atoms with Crippen LogP contribution in [0.5, 0.6) is 11.5 Å². The zero-order valence-electron chi connectivity index (χ0n) is 24.8. The number of fused-ring (bicyclic) bond motifs is 2. The minimum absolute atomic E-state index is 0.331. The first-order valence-electron chi connectivity index (χ1n) is 14.6. The van der Waals surface area contributed by atoms with Gasteiger partial charge in [0.05, 0.1) is 5.30 Å². The van der Waals surface area contributed by atoms with Crippen LogP contribution in [0.3, 0.4) is 0 Å². The van der Waals surface area contributed by atoms with Gasteiger partial charge in [0.2, 0.25) is 0 Å². The van der Waals surface area contributed by atoms with Crippen LogP contribution in [0.15, 0.2) is 158 Å². The molecule has 0 radical (unpaired) electrons. The third kappa shape index (κ3) is 5.36. The molecule has 0 spiro atoms. The topological polar surface area (TPSA) is 26.3 Å². The molecule has 0 fully saturated rings. The van der Waals surface area contributed by atoms with E-state index < -0.39 is 7.14 Å². The van der Waals surface area contributed by atoms with Gasteiger partial charge in [-0.15, -0.1) is 0 Å². The van der Waals surface area contributed by atoms with Gasteiger partial charge in [-0.3, -0.25) is 0 Å². The van der Waals surface area contributed by atoms with Crippen molar-refractivity contribution in [3.8, 4) is 22.6 Å². The molecule has 1 heterocycles. The third-order valence-corrected chi connectivity index (χ3v) is 11.2. The first-order valence-corrected chi connectivity index (χ1v) is 16.3. The molecule has 0 amide bonds. The minimum Gasteiger partial charge on any atom is -0.455 e. The highest BCUT2D eigenvalue weighted by atomic mass is 31.2. The lowest BCUT2D eigenvalue weighted by Crippen LogP contribution is -2.31. The number of aryl methyl sites for hydroxylation is 1. The van der Waals surface area contributed by atoms with Gasteiger partial charge in [-0.05, 0) is 18.6 Å². The Labute approximate surface area is 255 Å². The van der Waals surface area contributed by atoms with Crippen LogP contribution in [0.2, 0.25) is 0 Å². The molecule has 0 saturated heterocycles. The molecule has 0 aromatic heterocycles. The quantitative estimate of drug-likeness (QED) is 0.195. The molecular formula is C40H35O2P. The predicted molar refractivity (Wildman–Crippen MR) is 181 cm³/mol. The SMILES string of the molecule is CC1(C)c2cccc(-c3ccccc3)c2Oc2c1cccc2P(=O)(c1ccccc1)c1ccccc1.Cc1ccccc1. The summed E-state index contributed by atoms with van der Waals surface area (Å²) in [6.45, 7) is 6.53. The Balaban J connectivity index is 0.000000415. The van der Waals surface area contributed by atoms with E-state index in [1.165, 1.54) is 5.56 Å².